The fraction of sp³-hybridized carbons (Fsp3) is 0.750. The Hall–Kier alpha value is -1.26. The monoisotopic (exact) mass is 186 g/mol. The Bertz CT molecular complexity index is 206. The van der Waals surface area contributed by atoms with E-state index in [0.29, 0.717) is 25.9 Å². The van der Waals surface area contributed by atoms with Crippen LogP contribution in [-0.2, 0) is 4.79 Å². The second-order valence-electron chi connectivity index (χ2n) is 3.07. The van der Waals surface area contributed by atoms with Gasteiger partial charge in [-0.1, -0.05) is 0 Å². The Morgan fingerprint density at radius 2 is 2.38 bits per heavy atom. The van der Waals surface area contributed by atoms with Crippen molar-refractivity contribution < 1.29 is 14.7 Å². The van der Waals surface area contributed by atoms with E-state index in [0.717, 1.165) is 13.0 Å². The lowest BCUT2D eigenvalue weighted by Crippen LogP contribution is -2.29. The molecule has 2 amide bonds. The van der Waals surface area contributed by atoms with E-state index >= 15 is 0 Å². The Balaban J connectivity index is 2.05. The Kier molecular flexibility index (Phi) is 3.54. The molecule has 0 bridgehead atoms. The third-order valence-corrected chi connectivity index (χ3v) is 2.05. The van der Waals surface area contributed by atoms with Crippen molar-refractivity contribution in [3.05, 3.63) is 0 Å². The van der Waals surface area contributed by atoms with E-state index in [1.807, 2.05) is 0 Å². The van der Waals surface area contributed by atoms with Crippen LogP contribution >= 0.6 is 0 Å². The Morgan fingerprint density at radius 3 is 2.92 bits per heavy atom. The van der Waals surface area contributed by atoms with Crippen molar-refractivity contribution >= 4 is 12.0 Å². The molecule has 1 heterocycles. The molecule has 0 radical (unpaired) electrons. The zero-order valence-electron chi connectivity index (χ0n) is 7.45. The first kappa shape index (κ1) is 9.83. The number of likely N-dealkylation sites (tertiary alicyclic amines) is 1. The van der Waals surface area contributed by atoms with Gasteiger partial charge in [-0.2, -0.15) is 0 Å². The van der Waals surface area contributed by atoms with Crippen molar-refractivity contribution in [3.63, 3.8) is 0 Å². The largest absolute Gasteiger partial charge is 0.465 e. The fourth-order valence-electron chi connectivity index (χ4n) is 1.41. The SMILES string of the molecule is O=C(O)NCCCN1CCCC1=O. The average Bonchev–Trinajstić information content (AvgIpc) is 2.45. The summed E-state index contributed by atoms with van der Waals surface area (Å²) in [7, 11) is 0. The fourth-order valence-corrected chi connectivity index (χ4v) is 1.41. The Morgan fingerprint density at radius 1 is 1.62 bits per heavy atom. The van der Waals surface area contributed by atoms with Crippen molar-refractivity contribution in [1.29, 1.82) is 0 Å². The van der Waals surface area contributed by atoms with Crippen LogP contribution in [0.1, 0.15) is 19.3 Å². The van der Waals surface area contributed by atoms with E-state index in [9.17, 15) is 9.59 Å². The molecule has 5 nitrogen and oxygen atoms in total. The van der Waals surface area contributed by atoms with E-state index in [4.69, 9.17) is 5.11 Å². The molecule has 1 rings (SSSR count). The van der Waals surface area contributed by atoms with Gasteiger partial charge in [0.15, 0.2) is 0 Å². The van der Waals surface area contributed by atoms with Crippen LogP contribution in [0.4, 0.5) is 4.79 Å². The molecule has 5 heteroatoms. The third-order valence-electron chi connectivity index (χ3n) is 2.05. The van der Waals surface area contributed by atoms with Crippen LogP contribution in [-0.4, -0.2) is 41.6 Å². The molecule has 0 aromatic rings. The van der Waals surface area contributed by atoms with Crippen LogP contribution in [0.25, 0.3) is 0 Å². The van der Waals surface area contributed by atoms with E-state index in [-0.39, 0.29) is 5.91 Å². The number of carbonyl (C=O) groups is 2. The van der Waals surface area contributed by atoms with Gasteiger partial charge in [-0.05, 0) is 12.8 Å². The average molecular weight is 186 g/mol. The molecule has 0 spiro atoms. The van der Waals surface area contributed by atoms with Crippen molar-refractivity contribution in [1.82, 2.24) is 10.2 Å². The van der Waals surface area contributed by atoms with Crippen LogP contribution in [0.2, 0.25) is 0 Å². The van der Waals surface area contributed by atoms with Crippen LogP contribution in [0.3, 0.4) is 0 Å². The number of nitrogens with one attached hydrogen (secondary N) is 1. The van der Waals surface area contributed by atoms with Crippen LogP contribution < -0.4 is 5.32 Å². The first-order valence-corrected chi connectivity index (χ1v) is 4.45. The maximum absolute atomic E-state index is 11.1. The normalized spacial score (nSPS) is 16.3. The van der Waals surface area contributed by atoms with Gasteiger partial charge >= 0.3 is 6.09 Å². The topological polar surface area (TPSA) is 69.6 Å². The van der Waals surface area contributed by atoms with Gasteiger partial charge in [0.25, 0.3) is 0 Å². The van der Waals surface area contributed by atoms with Gasteiger partial charge in [-0.3, -0.25) is 4.79 Å². The first-order chi connectivity index (χ1) is 6.20. The molecule has 13 heavy (non-hydrogen) atoms. The smallest absolute Gasteiger partial charge is 0.404 e. The summed E-state index contributed by atoms with van der Waals surface area (Å²) in [6, 6.07) is 0. The van der Waals surface area contributed by atoms with Gasteiger partial charge in [0.1, 0.15) is 0 Å². The number of carbonyl (C=O) groups excluding carboxylic acids is 1. The predicted molar refractivity (Wildman–Crippen MR) is 46.5 cm³/mol. The summed E-state index contributed by atoms with van der Waals surface area (Å²) in [6.45, 7) is 1.91. The summed E-state index contributed by atoms with van der Waals surface area (Å²) in [6.07, 6.45) is 1.27. The van der Waals surface area contributed by atoms with Gasteiger partial charge in [0.05, 0.1) is 0 Å². The third kappa shape index (κ3) is 3.31. The lowest BCUT2D eigenvalue weighted by molar-refractivity contribution is -0.127. The second-order valence-corrected chi connectivity index (χ2v) is 3.07. The summed E-state index contributed by atoms with van der Waals surface area (Å²) in [4.78, 5) is 22.9. The highest BCUT2D eigenvalue weighted by atomic mass is 16.4. The minimum atomic E-state index is -1.01. The number of carboxylic acid groups (broad SMARTS) is 1. The summed E-state index contributed by atoms with van der Waals surface area (Å²) >= 11 is 0. The molecule has 2 N–H and O–H groups in total. The molecule has 1 fully saturated rings. The molecule has 1 saturated heterocycles. The van der Waals surface area contributed by atoms with Gasteiger partial charge < -0.3 is 15.3 Å². The van der Waals surface area contributed by atoms with E-state index in [2.05, 4.69) is 5.32 Å². The molecule has 1 aliphatic heterocycles. The quantitative estimate of drug-likeness (QED) is 0.619. The van der Waals surface area contributed by atoms with Crippen molar-refractivity contribution in [3.8, 4) is 0 Å². The minimum Gasteiger partial charge on any atom is -0.465 e. The summed E-state index contributed by atoms with van der Waals surface area (Å²) in [5.74, 6) is 0.190. The van der Waals surface area contributed by atoms with Crippen molar-refractivity contribution in [2.24, 2.45) is 0 Å². The molecule has 0 aromatic carbocycles. The Labute approximate surface area is 76.7 Å². The number of amides is 2. The van der Waals surface area contributed by atoms with Crippen LogP contribution in [0, 0.1) is 0 Å². The van der Waals surface area contributed by atoms with Gasteiger partial charge in [0, 0.05) is 26.1 Å². The number of nitrogens with zero attached hydrogens (tertiary/aromatic N) is 1. The molecule has 0 saturated carbocycles. The molecule has 0 aromatic heterocycles. The number of hydrogen-bond acceptors (Lipinski definition) is 2. The highest BCUT2D eigenvalue weighted by molar-refractivity contribution is 5.78. The predicted octanol–water partition coefficient (Wildman–Crippen LogP) is 0.266. The summed E-state index contributed by atoms with van der Waals surface area (Å²) < 4.78 is 0. The lowest BCUT2D eigenvalue weighted by Gasteiger charge is -2.14. The van der Waals surface area contributed by atoms with Gasteiger partial charge in [-0.15, -0.1) is 0 Å². The molecule has 1 aliphatic rings. The van der Waals surface area contributed by atoms with Gasteiger partial charge in [-0.25, -0.2) is 4.79 Å². The standard InChI is InChI=1S/C8H14N2O3/c11-7-3-1-5-10(7)6-2-4-9-8(12)13/h9H,1-6H2,(H,12,13). The maximum Gasteiger partial charge on any atom is 0.404 e. The first-order valence-electron chi connectivity index (χ1n) is 4.45. The van der Waals surface area contributed by atoms with E-state index in [1.165, 1.54) is 0 Å². The number of hydrogen-bond donors (Lipinski definition) is 2. The van der Waals surface area contributed by atoms with Gasteiger partial charge in [0.2, 0.25) is 5.91 Å². The lowest BCUT2D eigenvalue weighted by atomic mass is 10.4. The highest BCUT2D eigenvalue weighted by Crippen LogP contribution is 2.09. The minimum absolute atomic E-state index is 0.190. The van der Waals surface area contributed by atoms with Crippen LogP contribution in [0.5, 0.6) is 0 Å². The van der Waals surface area contributed by atoms with Crippen LogP contribution in [0.15, 0.2) is 0 Å². The second kappa shape index (κ2) is 4.69. The molecular formula is C8H14N2O3. The zero-order valence-corrected chi connectivity index (χ0v) is 7.45. The van der Waals surface area contributed by atoms with E-state index in [1.54, 1.807) is 4.90 Å². The molecule has 0 atom stereocenters. The summed E-state index contributed by atoms with van der Waals surface area (Å²) in [5.41, 5.74) is 0. The molecule has 0 aliphatic carbocycles. The number of rotatable bonds is 4. The summed E-state index contributed by atoms with van der Waals surface area (Å²) in [5, 5.41) is 10.5. The maximum atomic E-state index is 11.1. The van der Waals surface area contributed by atoms with Crippen molar-refractivity contribution in [2.75, 3.05) is 19.6 Å². The highest BCUT2D eigenvalue weighted by Gasteiger charge is 2.18. The van der Waals surface area contributed by atoms with E-state index < -0.39 is 6.09 Å². The van der Waals surface area contributed by atoms with Crippen molar-refractivity contribution in [2.45, 2.75) is 19.3 Å². The molecular weight excluding hydrogens is 172 g/mol. The zero-order chi connectivity index (χ0) is 9.68. The molecule has 0 unspecified atom stereocenters. The molecule has 74 valence electrons.